The largest absolute Gasteiger partial charge is 0.394 e. The Bertz CT molecular complexity index is 215. The molecule has 0 aromatic heterocycles. The first-order valence-electron chi connectivity index (χ1n) is 3.59. The Morgan fingerprint density at radius 2 is 2.17 bits per heavy atom. The summed E-state index contributed by atoms with van der Waals surface area (Å²) in [6.07, 6.45) is 0.956. The average molecular weight is 176 g/mol. The number of halogens is 2. The molecule has 0 heterocycles. The minimum absolute atomic E-state index is 0.797. The Kier molecular flexibility index (Phi) is 2.59. The molecule has 0 bridgehead atoms. The standard InChI is InChI=1S/C8H10F2O2/c9-6-3-1-2-4-8(6,10)7(12)5-11/h1-4,6-7,11-12H,5H2. The molecule has 3 unspecified atom stereocenters. The van der Waals surface area contributed by atoms with Gasteiger partial charge in [-0.3, -0.25) is 0 Å². The molecule has 0 aliphatic heterocycles. The van der Waals surface area contributed by atoms with Crippen molar-refractivity contribution in [3.05, 3.63) is 24.3 Å². The van der Waals surface area contributed by atoms with Crippen LogP contribution in [0.3, 0.4) is 0 Å². The third-order valence-electron chi connectivity index (χ3n) is 1.85. The highest BCUT2D eigenvalue weighted by molar-refractivity contribution is 5.24. The summed E-state index contributed by atoms with van der Waals surface area (Å²) < 4.78 is 26.3. The zero-order chi connectivity index (χ0) is 9.19. The van der Waals surface area contributed by atoms with Gasteiger partial charge in [-0.2, -0.15) is 0 Å². The van der Waals surface area contributed by atoms with Crippen molar-refractivity contribution in [2.24, 2.45) is 0 Å². The highest BCUT2D eigenvalue weighted by Crippen LogP contribution is 2.29. The number of allylic oxidation sites excluding steroid dienone is 3. The van der Waals surface area contributed by atoms with E-state index in [0.717, 1.165) is 12.2 Å². The molecule has 12 heavy (non-hydrogen) atoms. The van der Waals surface area contributed by atoms with E-state index < -0.39 is 24.6 Å². The van der Waals surface area contributed by atoms with E-state index in [-0.39, 0.29) is 0 Å². The van der Waals surface area contributed by atoms with Crippen molar-refractivity contribution < 1.29 is 19.0 Å². The molecule has 0 saturated carbocycles. The van der Waals surface area contributed by atoms with Gasteiger partial charge in [0.25, 0.3) is 0 Å². The van der Waals surface area contributed by atoms with Crippen molar-refractivity contribution in [1.82, 2.24) is 0 Å². The van der Waals surface area contributed by atoms with Gasteiger partial charge in [-0.05, 0) is 12.2 Å². The van der Waals surface area contributed by atoms with Crippen LogP contribution in [0.2, 0.25) is 0 Å². The molecule has 2 N–H and O–H groups in total. The van der Waals surface area contributed by atoms with Gasteiger partial charge in [0, 0.05) is 0 Å². The monoisotopic (exact) mass is 176 g/mol. The van der Waals surface area contributed by atoms with Crippen LogP contribution >= 0.6 is 0 Å². The molecular formula is C8H10F2O2. The summed E-state index contributed by atoms with van der Waals surface area (Å²) in [6.45, 7) is -0.797. The van der Waals surface area contributed by atoms with Crippen LogP contribution in [0.5, 0.6) is 0 Å². The second-order valence-electron chi connectivity index (χ2n) is 2.67. The lowest BCUT2D eigenvalue weighted by molar-refractivity contribution is -0.0426. The summed E-state index contributed by atoms with van der Waals surface area (Å²) in [7, 11) is 0. The van der Waals surface area contributed by atoms with Crippen molar-refractivity contribution >= 4 is 0 Å². The molecule has 2 nitrogen and oxygen atoms in total. The van der Waals surface area contributed by atoms with Crippen LogP contribution in [0.25, 0.3) is 0 Å². The highest BCUT2D eigenvalue weighted by atomic mass is 19.2. The van der Waals surface area contributed by atoms with E-state index in [9.17, 15) is 8.78 Å². The summed E-state index contributed by atoms with van der Waals surface area (Å²) in [5, 5.41) is 17.4. The van der Waals surface area contributed by atoms with E-state index in [1.807, 2.05) is 0 Å². The van der Waals surface area contributed by atoms with E-state index in [0.29, 0.717) is 0 Å². The molecule has 1 aliphatic carbocycles. The Labute approximate surface area is 68.8 Å². The van der Waals surface area contributed by atoms with Crippen molar-refractivity contribution in [2.45, 2.75) is 17.9 Å². The number of aliphatic hydroxyl groups is 2. The second kappa shape index (κ2) is 3.33. The summed E-state index contributed by atoms with van der Waals surface area (Å²) in [5.41, 5.74) is -2.48. The quantitative estimate of drug-likeness (QED) is 0.643. The molecule has 1 aliphatic rings. The summed E-state index contributed by atoms with van der Waals surface area (Å²) >= 11 is 0. The van der Waals surface area contributed by atoms with E-state index >= 15 is 0 Å². The number of alkyl halides is 2. The fourth-order valence-corrected chi connectivity index (χ4v) is 1.04. The van der Waals surface area contributed by atoms with Gasteiger partial charge in [0.1, 0.15) is 6.10 Å². The third kappa shape index (κ3) is 1.40. The predicted octanol–water partition coefficient (Wildman–Crippen LogP) is 0.512. The molecule has 0 aromatic rings. The molecule has 0 spiro atoms. The average Bonchev–Trinajstić information content (AvgIpc) is 2.09. The van der Waals surface area contributed by atoms with Crippen LogP contribution in [-0.4, -0.2) is 34.8 Å². The Balaban J connectivity index is 2.82. The zero-order valence-electron chi connectivity index (χ0n) is 6.32. The second-order valence-corrected chi connectivity index (χ2v) is 2.67. The SMILES string of the molecule is OCC(O)C1(F)C=CC=CC1F. The van der Waals surface area contributed by atoms with E-state index in [2.05, 4.69) is 0 Å². The van der Waals surface area contributed by atoms with Gasteiger partial charge in [-0.1, -0.05) is 12.2 Å². The first-order valence-corrected chi connectivity index (χ1v) is 3.59. The smallest absolute Gasteiger partial charge is 0.191 e. The summed E-state index contributed by atoms with van der Waals surface area (Å²) in [4.78, 5) is 0. The van der Waals surface area contributed by atoms with Crippen molar-refractivity contribution in [1.29, 1.82) is 0 Å². The number of hydrogen-bond donors (Lipinski definition) is 2. The summed E-state index contributed by atoms with van der Waals surface area (Å²) in [6, 6.07) is 0. The molecule has 0 amide bonds. The van der Waals surface area contributed by atoms with E-state index in [1.54, 1.807) is 0 Å². The van der Waals surface area contributed by atoms with Gasteiger partial charge >= 0.3 is 0 Å². The Morgan fingerprint density at radius 1 is 1.50 bits per heavy atom. The Morgan fingerprint density at radius 3 is 2.67 bits per heavy atom. The maximum Gasteiger partial charge on any atom is 0.191 e. The van der Waals surface area contributed by atoms with Gasteiger partial charge < -0.3 is 10.2 Å². The van der Waals surface area contributed by atoms with Gasteiger partial charge in [-0.15, -0.1) is 0 Å². The van der Waals surface area contributed by atoms with Crippen LogP contribution < -0.4 is 0 Å². The molecule has 0 aromatic carbocycles. The maximum atomic E-state index is 13.4. The fraction of sp³-hybridized carbons (Fsp3) is 0.500. The molecule has 68 valence electrons. The van der Waals surface area contributed by atoms with Crippen molar-refractivity contribution in [3.63, 3.8) is 0 Å². The van der Waals surface area contributed by atoms with Crippen LogP contribution in [0.1, 0.15) is 0 Å². The van der Waals surface area contributed by atoms with Crippen LogP contribution in [0.4, 0.5) is 8.78 Å². The molecule has 0 saturated heterocycles. The molecule has 3 atom stereocenters. The minimum Gasteiger partial charge on any atom is -0.394 e. The Hall–Kier alpha value is -0.740. The minimum atomic E-state index is -2.48. The van der Waals surface area contributed by atoms with E-state index in [1.165, 1.54) is 12.2 Å². The van der Waals surface area contributed by atoms with Crippen LogP contribution in [0.15, 0.2) is 24.3 Å². The van der Waals surface area contributed by atoms with Crippen LogP contribution in [-0.2, 0) is 0 Å². The van der Waals surface area contributed by atoms with Crippen molar-refractivity contribution in [2.75, 3.05) is 6.61 Å². The van der Waals surface area contributed by atoms with Crippen molar-refractivity contribution in [3.8, 4) is 0 Å². The normalized spacial score (nSPS) is 36.8. The molecule has 4 heteroatoms. The zero-order valence-corrected chi connectivity index (χ0v) is 6.32. The van der Waals surface area contributed by atoms with Gasteiger partial charge in [0.05, 0.1) is 6.61 Å². The number of rotatable bonds is 2. The van der Waals surface area contributed by atoms with Gasteiger partial charge in [0.2, 0.25) is 0 Å². The molecule has 1 rings (SSSR count). The molecular weight excluding hydrogens is 166 g/mol. The fourth-order valence-electron chi connectivity index (χ4n) is 1.04. The topological polar surface area (TPSA) is 40.5 Å². The highest BCUT2D eigenvalue weighted by Gasteiger charge is 2.43. The lowest BCUT2D eigenvalue weighted by Crippen LogP contribution is -2.46. The summed E-state index contributed by atoms with van der Waals surface area (Å²) in [5.74, 6) is 0. The third-order valence-corrected chi connectivity index (χ3v) is 1.85. The lowest BCUT2D eigenvalue weighted by atomic mass is 9.90. The first-order chi connectivity index (χ1) is 5.61. The lowest BCUT2D eigenvalue weighted by Gasteiger charge is -2.29. The first kappa shape index (κ1) is 9.35. The van der Waals surface area contributed by atoms with Gasteiger partial charge in [-0.25, -0.2) is 8.78 Å². The molecule has 0 radical (unpaired) electrons. The number of hydrogen-bond acceptors (Lipinski definition) is 2. The van der Waals surface area contributed by atoms with Crippen LogP contribution in [0, 0.1) is 0 Å². The maximum absolute atomic E-state index is 13.4. The number of aliphatic hydroxyl groups excluding tert-OH is 2. The predicted molar refractivity (Wildman–Crippen MR) is 40.1 cm³/mol. The molecule has 0 fully saturated rings. The van der Waals surface area contributed by atoms with Gasteiger partial charge in [0.15, 0.2) is 11.8 Å². The van der Waals surface area contributed by atoms with E-state index in [4.69, 9.17) is 10.2 Å².